The molecule has 1 fully saturated rings. The van der Waals surface area contributed by atoms with Crippen LogP contribution in [0.25, 0.3) is 0 Å². The lowest BCUT2D eigenvalue weighted by Gasteiger charge is -2.38. The van der Waals surface area contributed by atoms with E-state index in [9.17, 15) is 0 Å². The number of anilines is 1. The Morgan fingerprint density at radius 1 is 1.17 bits per heavy atom. The van der Waals surface area contributed by atoms with Crippen LogP contribution < -0.4 is 4.90 Å². The number of rotatable bonds is 0. The standard InChI is InChI=1S/C13H19N3.C2H6/c1-15-7-4-13(5-8-15)10-16(2)12-9-14-6-3-11(12)13;1-2/h3,6,9H,4-5,7-8,10H2,1-2H3;1-2H3. The third-order valence-electron chi connectivity index (χ3n) is 4.27. The first kappa shape index (κ1) is 13.3. The molecular weight excluding hydrogens is 222 g/mol. The van der Waals surface area contributed by atoms with E-state index in [0.717, 1.165) is 0 Å². The highest BCUT2D eigenvalue weighted by atomic mass is 15.2. The van der Waals surface area contributed by atoms with Crippen molar-refractivity contribution in [1.29, 1.82) is 0 Å². The number of piperidine rings is 1. The molecule has 3 rings (SSSR count). The molecule has 0 N–H and O–H groups in total. The smallest absolute Gasteiger partial charge is 0.0589 e. The summed E-state index contributed by atoms with van der Waals surface area (Å²) in [6, 6.07) is 2.23. The van der Waals surface area contributed by atoms with Gasteiger partial charge < -0.3 is 9.80 Å². The molecule has 2 aliphatic heterocycles. The fourth-order valence-electron chi connectivity index (χ4n) is 3.24. The minimum Gasteiger partial charge on any atom is -0.372 e. The number of hydrogen-bond acceptors (Lipinski definition) is 3. The molecule has 3 heteroatoms. The SMILES string of the molecule is CC.CN1CCC2(CC1)CN(C)c1cnccc12. The average molecular weight is 247 g/mol. The summed E-state index contributed by atoms with van der Waals surface area (Å²) in [5.41, 5.74) is 3.27. The summed E-state index contributed by atoms with van der Waals surface area (Å²) < 4.78 is 0. The quantitative estimate of drug-likeness (QED) is 0.702. The predicted molar refractivity (Wildman–Crippen MR) is 77.3 cm³/mol. The van der Waals surface area contributed by atoms with E-state index in [-0.39, 0.29) is 0 Å². The first-order valence-electron chi connectivity index (χ1n) is 7.05. The van der Waals surface area contributed by atoms with Gasteiger partial charge in [0.2, 0.25) is 0 Å². The minimum atomic E-state index is 0.402. The lowest BCUT2D eigenvalue weighted by Crippen LogP contribution is -2.43. The van der Waals surface area contributed by atoms with Gasteiger partial charge in [0.05, 0.1) is 11.9 Å². The van der Waals surface area contributed by atoms with Crippen LogP contribution in [-0.4, -0.2) is 43.6 Å². The Labute approximate surface area is 111 Å². The maximum Gasteiger partial charge on any atom is 0.0589 e. The van der Waals surface area contributed by atoms with Gasteiger partial charge in [-0.1, -0.05) is 13.8 Å². The van der Waals surface area contributed by atoms with Gasteiger partial charge in [-0.3, -0.25) is 4.98 Å². The van der Waals surface area contributed by atoms with Gasteiger partial charge in [-0.2, -0.15) is 0 Å². The molecule has 0 radical (unpaired) electrons. The van der Waals surface area contributed by atoms with E-state index in [1.165, 1.54) is 43.7 Å². The van der Waals surface area contributed by atoms with Crippen molar-refractivity contribution in [3.05, 3.63) is 24.0 Å². The molecule has 0 unspecified atom stereocenters. The monoisotopic (exact) mass is 247 g/mol. The summed E-state index contributed by atoms with van der Waals surface area (Å²) in [5, 5.41) is 0. The van der Waals surface area contributed by atoms with Crippen LogP contribution in [0.1, 0.15) is 32.3 Å². The molecular formula is C15H25N3. The summed E-state index contributed by atoms with van der Waals surface area (Å²) in [4.78, 5) is 9.05. The van der Waals surface area contributed by atoms with Gasteiger partial charge in [0.25, 0.3) is 0 Å². The lowest BCUT2D eigenvalue weighted by molar-refractivity contribution is 0.197. The summed E-state index contributed by atoms with van der Waals surface area (Å²) in [6.45, 7) is 7.60. The number of aromatic nitrogens is 1. The van der Waals surface area contributed by atoms with Crippen LogP contribution >= 0.6 is 0 Å². The van der Waals surface area contributed by atoms with Crippen molar-refractivity contribution in [2.45, 2.75) is 32.1 Å². The molecule has 0 bridgehead atoms. The van der Waals surface area contributed by atoms with Gasteiger partial charge in [0.1, 0.15) is 0 Å². The van der Waals surface area contributed by atoms with Gasteiger partial charge >= 0.3 is 0 Å². The fraction of sp³-hybridized carbons (Fsp3) is 0.667. The summed E-state index contributed by atoms with van der Waals surface area (Å²) in [7, 11) is 4.41. The van der Waals surface area contributed by atoms with Crippen molar-refractivity contribution < 1.29 is 0 Å². The van der Waals surface area contributed by atoms with E-state index in [2.05, 4.69) is 34.9 Å². The van der Waals surface area contributed by atoms with Crippen LogP contribution in [0.4, 0.5) is 5.69 Å². The Morgan fingerprint density at radius 2 is 1.83 bits per heavy atom. The summed E-state index contributed by atoms with van der Waals surface area (Å²) in [6.07, 6.45) is 6.52. The zero-order valence-electron chi connectivity index (χ0n) is 12.1. The highest BCUT2D eigenvalue weighted by molar-refractivity contribution is 5.60. The summed E-state index contributed by atoms with van der Waals surface area (Å²) >= 11 is 0. The molecule has 1 aromatic rings. The molecule has 1 aromatic heterocycles. The molecule has 2 aliphatic rings. The molecule has 100 valence electrons. The first-order chi connectivity index (χ1) is 8.71. The van der Waals surface area contributed by atoms with E-state index in [1.54, 1.807) is 0 Å². The number of fused-ring (bicyclic) bond motifs is 2. The highest BCUT2D eigenvalue weighted by Crippen LogP contribution is 2.45. The van der Waals surface area contributed by atoms with Crippen LogP contribution in [0.2, 0.25) is 0 Å². The molecule has 0 amide bonds. The van der Waals surface area contributed by atoms with E-state index < -0.39 is 0 Å². The maximum atomic E-state index is 4.25. The molecule has 0 aliphatic carbocycles. The Balaban J connectivity index is 0.000000574. The summed E-state index contributed by atoms with van der Waals surface area (Å²) in [5.74, 6) is 0. The van der Waals surface area contributed by atoms with Gasteiger partial charge in [0, 0.05) is 25.2 Å². The third kappa shape index (κ3) is 2.12. The Bertz CT molecular complexity index is 394. The second kappa shape index (κ2) is 5.27. The molecule has 1 saturated heterocycles. The molecule has 1 spiro atoms. The second-order valence-corrected chi connectivity index (χ2v) is 5.33. The van der Waals surface area contributed by atoms with Crippen LogP contribution in [0.15, 0.2) is 18.5 Å². The largest absolute Gasteiger partial charge is 0.372 e. The molecule has 0 saturated carbocycles. The zero-order valence-corrected chi connectivity index (χ0v) is 12.1. The highest BCUT2D eigenvalue weighted by Gasteiger charge is 2.42. The van der Waals surface area contributed by atoms with Crippen molar-refractivity contribution in [2.75, 3.05) is 38.6 Å². The zero-order chi connectivity index (χ0) is 13.2. The molecule has 3 heterocycles. The van der Waals surface area contributed by atoms with Crippen molar-refractivity contribution >= 4 is 5.69 Å². The van der Waals surface area contributed by atoms with Crippen LogP contribution in [0.5, 0.6) is 0 Å². The van der Waals surface area contributed by atoms with Crippen molar-refractivity contribution in [3.8, 4) is 0 Å². The van der Waals surface area contributed by atoms with E-state index in [1.807, 2.05) is 26.2 Å². The minimum absolute atomic E-state index is 0.402. The Hall–Kier alpha value is -1.09. The number of likely N-dealkylation sites (N-methyl/N-ethyl adjacent to an activating group) is 1. The molecule has 18 heavy (non-hydrogen) atoms. The Morgan fingerprint density at radius 3 is 2.50 bits per heavy atom. The van der Waals surface area contributed by atoms with Gasteiger partial charge in [0.15, 0.2) is 0 Å². The van der Waals surface area contributed by atoms with Crippen LogP contribution in [0, 0.1) is 0 Å². The van der Waals surface area contributed by atoms with Crippen LogP contribution in [0.3, 0.4) is 0 Å². The molecule has 0 atom stereocenters. The predicted octanol–water partition coefficient (Wildman–Crippen LogP) is 2.52. The van der Waals surface area contributed by atoms with Gasteiger partial charge in [-0.25, -0.2) is 0 Å². The fourth-order valence-corrected chi connectivity index (χ4v) is 3.24. The molecule has 0 aromatic carbocycles. The van der Waals surface area contributed by atoms with Gasteiger partial charge in [-0.05, 0) is 44.6 Å². The number of nitrogens with zero attached hydrogens (tertiary/aromatic N) is 3. The normalized spacial score (nSPS) is 21.4. The number of likely N-dealkylation sites (tertiary alicyclic amines) is 1. The number of pyridine rings is 1. The van der Waals surface area contributed by atoms with E-state index in [4.69, 9.17) is 0 Å². The van der Waals surface area contributed by atoms with E-state index in [0.29, 0.717) is 5.41 Å². The number of hydrogen-bond donors (Lipinski definition) is 0. The first-order valence-corrected chi connectivity index (χ1v) is 7.05. The Kier molecular flexibility index (Phi) is 3.91. The van der Waals surface area contributed by atoms with Crippen molar-refractivity contribution in [2.24, 2.45) is 0 Å². The third-order valence-corrected chi connectivity index (χ3v) is 4.27. The van der Waals surface area contributed by atoms with Crippen molar-refractivity contribution in [3.63, 3.8) is 0 Å². The lowest BCUT2D eigenvalue weighted by atomic mass is 9.75. The maximum absolute atomic E-state index is 4.25. The average Bonchev–Trinajstić information content (AvgIpc) is 2.70. The van der Waals surface area contributed by atoms with Crippen LogP contribution in [-0.2, 0) is 5.41 Å². The van der Waals surface area contributed by atoms with E-state index >= 15 is 0 Å². The van der Waals surface area contributed by atoms with Gasteiger partial charge in [-0.15, -0.1) is 0 Å². The topological polar surface area (TPSA) is 19.4 Å². The molecule has 3 nitrogen and oxygen atoms in total. The second-order valence-electron chi connectivity index (χ2n) is 5.33. The van der Waals surface area contributed by atoms with Crippen molar-refractivity contribution in [1.82, 2.24) is 9.88 Å².